The van der Waals surface area contributed by atoms with Gasteiger partial charge in [0, 0.05) is 0 Å². The van der Waals surface area contributed by atoms with E-state index in [4.69, 9.17) is 4.18 Å². The average Bonchev–Trinajstić information content (AvgIpc) is 2.11. The van der Waals surface area contributed by atoms with Gasteiger partial charge in [0.2, 0.25) is 0 Å². The van der Waals surface area contributed by atoms with Gasteiger partial charge >= 0.3 is 0 Å². The van der Waals surface area contributed by atoms with Crippen molar-refractivity contribution in [3.8, 4) is 0 Å². The van der Waals surface area contributed by atoms with Crippen LogP contribution in [0.2, 0.25) is 0 Å². The zero-order valence-corrected chi connectivity index (χ0v) is 11.3. The molecule has 0 aromatic rings. The highest BCUT2D eigenvalue weighted by Gasteiger charge is 2.53. The summed E-state index contributed by atoms with van der Waals surface area (Å²) in [7, 11) is -3.29. The van der Waals surface area contributed by atoms with Crippen molar-refractivity contribution in [2.45, 2.75) is 57.5 Å². The van der Waals surface area contributed by atoms with Gasteiger partial charge in [-0.15, -0.1) is 0 Å². The third-order valence-corrected chi connectivity index (χ3v) is 6.26. The third-order valence-electron chi connectivity index (χ3n) is 4.74. The van der Waals surface area contributed by atoms with Gasteiger partial charge in [0.25, 0.3) is 10.1 Å². The molecule has 0 radical (unpaired) electrons. The second-order valence-corrected chi connectivity index (χ2v) is 8.14. The topological polar surface area (TPSA) is 43.4 Å². The first-order valence-electron chi connectivity index (χ1n) is 6.93. The van der Waals surface area contributed by atoms with Crippen LogP contribution in [0.1, 0.15) is 51.9 Å². The van der Waals surface area contributed by atoms with Crippen molar-refractivity contribution in [1.82, 2.24) is 0 Å². The molecular weight excluding hydrogens is 236 g/mol. The Labute approximate surface area is 104 Å². The minimum absolute atomic E-state index is 0.175. The summed E-state index contributed by atoms with van der Waals surface area (Å²) in [5, 5.41) is 0. The van der Waals surface area contributed by atoms with Gasteiger partial charge in [0.05, 0.1) is 11.4 Å². The predicted molar refractivity (Wildman–Crippen MR) is 66.1 cm³/mol. The van der Waals surface area contributed by atoms with Crippen LogP contribution in [0.5, 0.6) is 0 Å². The van der Waals surface area contributed by atoms with Crippen molar-refractivity contribution in [2.75, 3.05) is 5.75 Å². The second kappa shape index (κ2) is 3.95. The first-order valence-corrected chi connectivity index (χ1v) is 8.51. The SMILES string of the molecule is CCCS(=O)(=O)OC12CC3CC(CC(C3)C1)C2. The van der Waals surface area contributed by atoms with E-state index in [-0.39, 0.29) is 11.4 Å². The quantitative estimate of drug-likeness (QED) is 0.728. The smallest absolute Gasteiger partial charge is 0.263 e. The molecule has 0 spiro atoms. The van der Waals surface area contributed by atoms with Gasteiger partial charge in [0.1, 0.15) is 0 Å². The van der Waals surface area contributed by atoms with Gasteiger partial charge in [-0.25, -0.2) is 0 Å². The molecule has 4 saturated carbocycles. The minimum atomic E-state index is -3.29. The Bertz CT molecular complexity index is 364. The molecule has 0 unspecified atom stereocenters. The van der Waals surface area contributed by atoms with Gasteiger partial charge in [-0.1, -0.05) is 6.92 Å². The fraction of sp³-hybridized carbons (Fsp3) is 1.00. The van der Waals surface area contributed by atoms with E-state index in [0.717, 1.165) is 37.0 Å². The van der Waals surface area contributed by atoms with Crippen LogP contribution in [-0.4, -0.2) is 19.8 Å². The third kappa shape index (κ3) is 2.26. The van der Waals surface area contributed by atoms with Gasteiger partial charge in [-0.3, -0.25) is 4.18 Å². The summed E-state index contributed by atoms with van der Waals surface area (Å²) in [6.45, 7) is 1.89. The normalized spacial score (nSPS) is 44.2. The van der Waals surface area contributed by atoms with Crippen molar-refractivity contribution >= 4 is 10.1 Å². The summed E-state index contributed by atoms with van der Waals surface area (Å²) >= 11 is 0. The zero-order valence-electron chi connectivity index (χ0n) is 10.5. The zero-order chi connectivity index (χ0) is 12.1. The lowest BCUT2D eigenvalue weighted by Gasteiger charge is -2.55. The molecule has 0 saturated heterocycles. The number of hydrogen-bond acceptors (Lipinski definition) is 3. The Hall–Kier alpha value is -0.0900. The van der Waals surface area contributed by atoms with Crippen LogP contribution in [0.3, 0.4) is 0 Å². The molecule has 0 N–H and O–H groups in total. The monoisotopic (exact) mass is 258 g/mol. The van der Waals surface area contributed by atoms with Crippen molar-refractivity contribution in [3.63, 3.8) is 0 Å². The molecule has 4 fully saturated rings. The summed E-state index contributed by atoms with van der Waals surface area (Å²) in [6, 6.07) is 0. The van der Waals surface area contributed by atoms with E-state index >= 15 is 0 Å². The Morgan fingerprint density at radius 2 is 1.53 bits per heavy atom. The fourth-order valence-electron chi connectivity index (χ4n) is 4.69. The van der Waals surface area contributed by atoms with E-state index in [2.05, 4.69) is 0 Å². The predicted octanol–water partition coefficient (Wildman–Crippen LogP) is 2.71. The van der Waals surface area contributed by atoms with E-state index < -0.39 is 10.1 Å². The van der Waals surface area contributed by atoms with Crippen molar-refractivity contribution in [3.05, 3.63) is 0 Å². The van der Waals surface area contributed by atoms with Crippen LogP contribution in [0.25, 0.3) is 0 Å². The van der Waals surface area contributed by atoms with E-state index in [1.54, 1.807) is 0 Å². The molecule has 0 atom stereocenters. The van der Waals surface area contributed by atoms with Crippen LogP contribution in [0.4, 0.5) is 0 Å². The minimum Gasteiger partial charge on any atom is -0.263 e. The first-order chi connectivity index (χ1) is 8.00. The van der Waals surface area contributed by atoms with Crippen LogP contribution in [0, 0.1) is 17.8 Å². The number of hydrogen-bond donors (Lipinski definition) is 0. The molecule has 4 aliphatic carbocycles. The van der Waals surface area contributed by atoms with E-state index in [9.17, 15) is 8.42 Å². The van der Waals surface area contributed by atoms with Crippen molar-refractivity contribution < 1.29 is 12.6 Å². The lowest BCUT2D eigenvalue weighted by molar-refractivity contribution is -0.104. The Balaban J connectivity index is 1.78. The lowest BCUT2D eigenvalue weighted by atomic mass is 9.54. The summed E-state index contributed by atoms with van der Waals surface area (Å²) in [4.78, 5) is 0. The molecule has 3 nitrogen and oxygen atoms in total. The second-order valence-electron chi connectivity index (χ2n) is 6.45. The largest absolute Gasteiger partial charge is 0.267 e. The highest BCUT2D eigenvalue weighted by Crippen LogP contribution is 2.57. The molecule has 98 valence electrons. The van der Waals surface area contributed by atoms with Crippen LogP contribution < -0.4 is 0 Å². The summed E-state index contributed by atoms with van der Waals surface area (Å²) in [5.74, 6) is 2.38. The van der Waals surface area contributed by atoms with Crippen LogP contribution >= 0.6 is 0 Å². The maximum Gasteiger partial charge on any atom is 0.267 e. The van der Waals surface area contributed by atoms with Gasteiger partial charge in [-0.2, -0.15) is 8.42 Å². The van der Waals surface area contributed by atoms with Gasteiger partial charge in [0.15, 0.2) is 0 Å². The summed E-state index contributed by atoms with van der Waals surface area (Å²) in [5.41, 5.74) is -0.303. The molecule has 0 aromatic carbocycles. The Morgan fingerprint density at radius 1 is 1.06 bits per heavy atom. The molecule has 0 amide bonds. The Kier molecular flexibility index (Phi) is 2.78. The maximum atomic E-state index is 11.9. The Morgan fingerprint density at radius 3 is 1.94 bits per heavy atom. The fourth-order valence-corrected chi connectivity index (χ4v) is 6.02. The molecule has 4 heteroatoms. The van der Waals surface area contributed by atoms with Crippen LogP contribution in [0.15, 0.2) is 0 Å². The van der Waals surface area contributed by atoms with Crippen molar-refractivity contribution in [1.29, 1.82) is 0 Å². The van der Waals surface area contributed by atoms with Crippen LogP contribution in [-0.2, 0) is 14.3 Å². The van der Waals surface area contributed by atoms with Crippen molar-refractivity contribution in [2.24, 2.45) is 17.8 Å². The molecule has 4 rings (SSSR count). The summed E-state index contributed by atoms with van der Waals surface area (Å²) in [6.07, 6.45) is 7.56. The highest BCUT2D eigenvalue weighted by atomic mass is 32.2. The average molecular weight is 258 g/mol. The van der Waals surface area contributed by atoms with Gasteiger partial charge < -0.3 is 0 Å². The highest BCUT2D eigenvalue weighted by molar-refractivity contribution is 7.86. The molecular formula is C13H22O3S. The molecule has 17 heavy (non-hydrogen) atoms. The van der Waals surface area contributed by atoms with E-state index in [1.165, 1.54) is 19.3 Å². The molecule has 4 bridgehead atoms. The molecule has 4 aliphatic rings. The standard InChI is InChI=1S/C13H22O3S/c1-2-3-17(14,15)16-13-7-10-4-11(8-13)6-12(5-10)9-13/h10-12H,2-9H2,1H3. The molecule has 0 aliphatic heterocycles. The number of rotatable bonds is 4. The van der Waals surface area contributed by atoms with Gasteiger partial charge in [-0.05, 0) is 62.7 Å². The molecule has 0 aromatic heterocycles. The summed E-state index contributed by atoms with van der Waals surface area (Å²) < 4.78 is 29.4. The van der Waals surface area contributed by atoms with E-state index in [0.29, 0.717) is 6.42 Å². The first kappa shape index (κ1) is 12.0. The lowest BCUT2D eigenvalue weighted by Crippen LogP contribution is -2.52. The van der Waals surface area contributed by atoms with E-state index in [1.807, 2.05) is 6.92 Å². The molecule has 0 heterocycles. The maximum absolute atomic E-state index is 11.9.